The summed E-state index contributed by atoms with van der Waals surface area (Å²) in [6.07, 6.45) is 5.50. The van der Waals surface area contributed by atoms with Crippen molar-refractivity contribution in [3.8, 4) is 0 Å². The van der Waals surface area contributed by atoms with Crippen LogP contribution >= 0.6 is 15.9 Å². The van der Waals surface area contributed by atoms with Crippen molar-refractivity contribution in [1.29, 1.82) is 0 Å². The molecule has 1 aliphatic carbocycles. The summed E-state index contributed by atoms with van der Waals surface area (Å²) in [4.78, 5) is 39.9. The monoisotopic (exact) mass is 526 g/mol. The molecule has 1 spiro atoms. The number of para-hydroxylation sites is 1. The van der Waals surface area contributed by atoms with E-state index in [1.165, 1.54) is 7.11 Å². The Morgan fingerprint density at radius 3 is 2.76 bits per heavy atom. The van der Waals surface area contributed by atoms with Gasteiger partial charge in [0.05, 0.1) is 34.7 Å². The number of amides is 1. The number of hydrogen-bond donors (Lipinski definition) is 1. The first kappa shape index (κ1) is 22.1. The van der Waals surface area contributed by atoms with Gasteiger partial charge in [0, 0.05) is 25.0 Å². The lowest BCUT2D eigenvalue weighted by atomic mass is 9.62. The van der Waals surface area contributed by atoms with Crippen molar-refractivity contribution in [2.75, 3.05) is 25.1 Å². The molecule has 8 nitrogen and oxygen atoms in total. The molecule has 4 aliphatic rings. The zero-order chi connectivity index (χ0) is 23.6. The third-order valence-corrected chi connectivity index (χ3v) is 8.98. The molecule has 9 heteroatoms. The Kier molecular flexibility index (Phi) is 5.27. The molecule has 2 aromatic rings. The molecule has 178 valence electrons. The van der Waals surface area contributed by atoms with E-state index in [0.717, 1.165) is 35.2 Å². The third kappa shape index (κ3) is 3.03. The number of fused-ring (bicyclic) bond motifs is 5. The third-order valence-electron chi connectivity index (χ3n) is 8.57. The van der Waals surface area contributed by atoms with Gasteiger partial charge in [-0.25, -0.2) is 14.9 Å². The van der Waals surface area contributed by atoms with Gasteiger partial charge >= 0.3 is 5.97 Å². The number of halogens is 1. The predicted octanol–water partition coefficient (Wildman–Crippen LogP) is 2.81. The Morgan fingerprint density at radius 2 is 2.00 bits per heavy atom. The molecule has 1 saturated carbocycles. The smallest absolute Gasteiger partial charge is 0.311 e. The lowest BCUT2D eigenvalue weighted by Gasteiger charge is -2.50. The number of carbonyl (C=O) groups excluding carboxylic acids is 2. The second-order valence-corrected chi connectivity index (χ2v) is 10.9. The molecule has 0 bridgehead atoms. The minimum absolute atomic E-state index is 0.00653. The van der Waals surface area contributed by atoms with E-state index in [1.807, 2.05) is 18.2 Å². The zero-order valence-electron chi connectivity index (χ0n) is 18.9. The maximum absolute atomic E-state index is 14.3. The number of anilines is 2. The van der Waals surface area contributed by atoms with E-state index in [2.05, 4.69) is 36.9 Å². The molecule has 6 rings (SSSR count). The summed E-state index contributed by atoms with van der Waals surface area (Å²) in [7, 11) is 1.39. The summed E-state index contributed by atoms with van der Waals surface area (Å²) in [5, 5.41) is 10.7. The summed E-state index contributed by atoms with van der Waals surface area (Å²) >= 11 is 3.37. The van der Waals surface area contributed by atoms with Crippen LogP contribution in [0.3, 0.4) is 0 Å². The minimum atomic E-state index is -0.721. The topological polar surface area (TPSA) is 95.9 Å². The number of carbonyl (C=O) groups is 2. The lowest BCUT2D eigenvalue weighted by molar-refractivity contribution is -0.159. The number of aliphatic hydroxyl groups excluding tert-OH is 1. The normalized spacial score (nSPS) is 34.6. The molecule has 1 aromatic heterocycles. The Morgan fingerprint density at radius 1 is 1.24 bits per heavy atom. The highest BCUT2D eigenvalue weighted by Gasteiger charge is 2.63. The van der Waals surface area contributed by atoms with Crippen LogP contribution in [0.5, 0.6) is 0 Å². The molecule has 1 amide bonds. The van der Waals surface area contributed by atoms with Crippen molar-refractivity contribution in [1.82, 2.24) is 14.9 Å². The van der Waals surface area contributed by atoms with Gasteiger partial charge in [-0.05, 0) is 71.6 Å². The van der Waals surface area contributed by atoms with Crippen LogP contribution in [0.1, 0.15) is 31.2 Å². The number of aliphatic hydroxyl groups is 1. The van der Waals surface area contributed by atoms with Crippen molar-refractivity contribution in [2.45, 2.75) is 43.2 Å². The fourth-order valence-corrected chi connectivity index (χ4v) is 7.33. The Bertz CT molecular complexity index is 1140. The van der Waals surface area contributed by atoms with Gasteiger partial charge < -0.3 is 9.84 Å². The van der Waals surface area contributed by atoms with Gasteiger partial charge in [0.2, 0.25) is 11.9 Å². The zero-order valence-corrected chi connectivity index (χ0v) is 20.5. The summed E-state index contributed by atoms with van der Waals surface area (Å²) in [5.74, 6) is -0.216. The lowest BCUT2D eigenvalue weighted by Crippen LogP contribution is -2.58. The van der Waals surface area contributed by atoms with Gasteiger partial charge in [0.15, 0.2) is 0 Å². The maximum Gasteiger partial charge on any atom is 0.311 e. The highest BCUT2D eigenvalue weighted by molar-refractivity contribution is 9.10. The van der Waals surface area contributed by atoms with Gasteiger partial charge in [0.1, 0.15) is 0 Å². The first-order chi connectivity index (χ1) is 16.5. The Labute approximate surface area is 206 Å². The molecule has 6 atom stereocenters. The van der Waals surface area contributed by atoms with Crippen LogP contribution in [-0.4, -0.2) is 64.2 Å². The highest BCUT2D eigenvalue weighted by Crippen LogP contribution is 2.57. The number of aromatic nitrogens is 2. The predicted molar refractivity (Wildman–Crippen MR) is 127 cm³/mol. The Balaban J connectivity index is 1.42. The quantitative estimate of drug-likeness (QED) is 0.601. The number of benzene rings is 1. The van der Waals surface area contributed by atoms with Gasteiger partial charge in [-0.15, -0.1) is 0 Å². The molecule has 2 saturated heterocycles. The molecule has 1 unspecified atom stereocenters. The first-order valence-corrected chi connectivity index (χ1v) is 12.7. The van der Waals surface area contributed by atoms with E-state index in [9.17, 15) is 14.7 Å². The molecule has 4 heterocycles. The number of esters is 1. The second-order valence-electron chi connectivity index (χ2n) is 9.94. The van der Waals surface area contributed by atoms with Crippen LogP contribution in [0.15, 0.2) is 41.1 Å². The van der Waals surface area contributed by atoms with Gasteiger partial charge in [-0.1, -0.05) is 18.2 Å². The van der Waals surface area contributed by atoms with Gasteiger partial charge in [-0.3, -0.25) is 14.5 Å². The van der Waals surface area contributed by atoms with E-state index in [1.54, 1.807) is 17.3 Å². The number of nitrogens with zero attached hydrogens (tertiary/aromatic N) is 4. The highest BCUT2D eigenvalue weighted by atomic mass is 79.9. The van der Waals surface area contributed by atoms with Gasteiger partial charge in [0.25, 0.3) is 0 Å². The van der Waals surface area contributed by atoms with E-state index in [4.69, 9.17) is 4.74 Å². The SMILES string of the molecule is COC(=O)[C@H]1[C@@H](O)CCC2CN3CC[C@@]4(C(=O)N(c5ncc(Br)cn5)c5ccccc54)[C@@H]3C[C@@H]21. The molecular weight excluding hydrogens is 500 g/mol. The number of rotatable bonds is 2. The van der Waals surface area contributed by atoms with E-state index in [0.29, 0.717) is 31.1 Å². The fraction of sp³-hybridized carbons (Fsp3) is 0.520. The molecule has 3 fully saturated rings. The maximum atomic E-state index is 14.3. The minimum Gasteiger partial charge on any atom is -0.469 e. The van der Waals surface area contributed by atoms with Crippen LogP contribution in [-0.2, 0) is 19.7 Å². The van der Waals surface area contributed by atoms with Crippen molar-refractivity contribution >= 4 is 39.4 Å². The number of hydrogen-bond acceptors (Lipinski definition) is 7. The summed E-state index contributed by atoms with van der Waals surface area (Å²) in [6, 6.07) is 7.87. The summed E-state index contributed by atoms with van der Waals surface area (Å²) < 4.78 is 5.84. The van der Waals surface area contributed by atoms with Crippen LogP contribution in [0.2, 0.25) is 0 Å². The van der Waals surface area contributed by atoms with E-state index >= 15 is 0 Å². The second kappa shape index (κ2) is 8.10. The molecule has 3 aliphatic heterocycles. The summed E-state index contributed by atoms with van der Waals surface area (Å²) in [6.45, 7) is 1.66. The van der Waals surface area contributed by atoms with E-state index in [-0.39, 0.29) is 23.8 Å². The van der Waals surface area contributed by atoms with Crippen molar-refractivity contribution in [3.05, 3.63) is 46.7 Å². The van der Waals surface area contributed by atoms with Crippen LogP contribution in [0.25, 0.3) is 0 Å². The van der Waals surface area contributed by atoms with Crippen molar-refractivity contribution in [3.63, 3.8) is 0 Å². The standard InChI is InChI=1S/C25H27BrN4O4/c1-34-22(32)21-16-10-20-25(8-9-29(20)13-14(16)6-7-19(21)31)17-4-2-3-5-18(17)30(23(25)33)24-27-11-15(26)12-28-24/h2-5,11-12,14,16,19-21,31H,6-10,13H2,1H3/t14?,16-,19-,20-,21+,25-/m0/s1. The van der Waals surface area contributed by atoms with Gasteiger partial charge in [-0.2, -0.15) is 0 Å². The van der Waals surface area contributed by atoms with E-state index < -0.39 is 17.4 Å². The number of ether oxygens (including phenoxy) is 1. The van der Waals surface area contributed by atoms with Crippen LogP contribution in [0.4, 0.5) is 11.6 Å². The summed E-state index contributed by atoms with van der Waals surface area (Å²) in [5.41, 5.74) is 1.11. The molecule has 34 heavy (non-hydrogen) atoms. The molecular formula is C25H27BrN4O4. The van der Waals surface area contributed by atoms with Crippen LogP contribution in [0, 0.1) is 17.8 Å². The van der Waals surface area contributed by atoms with Crippen molar-refractivity contribution in [2.24, 2.45) is 17.8 Å². The fourth-order valence-electron chi connectivity index (χ4n) is 7.13. The van der Waals surface area contributed by atoms with Crippen LogP contribution < -0.4 is 4.90 Å². The largest absolute Gasteiger partial charge is 0.469 e. The number of piperidine rings is 1. The Hall–Kier alpha value is -2.36. The van der Waals surface area contributed by atoms with Crippen molar-refractivity contribution < 1.29 is 19.4 Å². The first-order valence-electron chi connectivity index (χ1n) is 11.9. The molecule has 1 N–H and O–H groups in total. The molecule has 1 aromatic carbocycles. The average Bonchev–Trinajstić information content (AvgIpc) is 3.34. The average molecular weight is 527 g/mol. The molecule has 0 radical (unpaired) electrons. The number of methoxy groups -OCH3 is 1.